The fourth-order valence-corrected chi connectivity index (χ4v) is 1.41. The molecule has 0 bridgehead atoms. The first kappa shape index (κ1) is 11.3. The lowest BCUT2D eigenvalue weighted by atomic mass is 10.2. The fourth-order valence-electron chi connectivity index (χ4n) is 1.41. The third-order valence-corrected chi connectivity index (χ3v) is 2.37. The van der Waals surface area contributed by atoms with Crippen molar-refractivity contribution in [2.45, 2.75) is 19.9 Å². The Morgan fingerprint density at radius 3 is 2.76 bits per heavy atom. The molecule has 0 saturated carbocycles. The van der Waals surface area contributed by atoms with E-state index in [9.17, 15) is 4.79 Å². The molecule has 1 amide bonds. The van der Waals surface area contributed by atoms with E-state index in [-0.39, 0.29) is 11.7 Å². The number of aromatic amines is 1. The molecule has 0 unspecified atom stereocenters. The summed E-state index contributed by atoms with van der Waals surface area (Å²) in [6.07, 6.45) is 0.735. The van der Waals surface area contributed by atoms with Gasteiger partial charge in [-0.25, -0.2) is 4.98 Å². The zero-order chi connectivity index (χ0) is 12.1. The van der Waals surface area contributed by atoms with Crippen LogP contribution >= 0.6 is 0 Å². The second kappa shape index (κ2) is 5.25. The highest BCUT2D eigenvalue weighted by atomic mass is 16.2. The minimum atomic E-state index is -0.259. The Hall–Kier alpha value is -2.17. The van der Waals surface area contributed by atoms with Gasteiger partial charge in [0.1, 0.15) is 5.82 Å². The molecule has 17 heavy (non-hydrogen) atoms. The predicted octanol–water partition coefficient (Wildman–Crippen LogP) is 1.30. The van der Waals surface area contributed by atoms with Gasteiger partial charge in [-0.2, -0.15) is 0 Å². The molecule has 88 valence electrons. The van der Waals surface area contributed by atoms with Gasteiger partial charge in [0, 0.05) is 13.0 Å². The van der Waals surface area contributed by atoms with E-state index in [2.05, 4.69) is 20.5 Å². The average molecular weight is 230 g/mol. The van der Waals surface area contributed by atoms with Gasteiger partial charge >= 0.3 is 0 Å². The minimum Gasteiger partial charge on any atom is -0.345 e. The SMILES string of the molecule is CCc1nc(C(=O)NCc2ccccc2)n[nH]1. The number of carbonyl (C=O) groups excluding carboxylic acids is 1. The van der Waals surface area contributed by atoms with Crippen LogP contribution in [0.4, 0.5) is 0 Å². The summed E-state index contributed by atoms with van der Waals surface area (Å²) in [7, 11) is 0. The molecule has 0 atom stereocenters. The number of amides is 1. The van der Waals surface area contributed by atoms with E-state index in [1.165, 1.54) is 0 Å². The van der Waals surface area contributed by atoms with Crippen molar-refractivity contribution in [1.82, 2.24) is 20.5 Å². The lowest BCUT2D eigenvalue weighted by Crippen LogP contribution is -2.24. The Labute approximate surface area is 99.3 Å². The molecule has 1 heterocycles. The van der Waals surface area contributed by atoms with Gasteiger partial charge < -0.3 is 5.32 Å². The van der Waals surface area contributed by atoms with Gasteiger partial charge in [-0.15, -0.1) is 5.10 Å². The molecule has 0 spiro atoms. The van der Waals surface area contributed by atoms with Crippen molar-refractivity contribution >= 4 is 5.91 Å². The Bertz CT molecular complexity index is 492. The Kier molecular flexibility index (Phi) is 3.49. The number of hydrogen-bond acceptors (Lipinski definition) is 3. The zero-order valence-corrected chi connectivity index (χ0v) is 9.60. The van der Waals surface area contributed by atoms with E-state index in [4.69, 9.17) is 0 Å². The molecule has 0 aliphatic rings. The molecule has 2 aromatic rings. The molecule has 2 N–H and O–H groups in total. The van der Waals surface area contributed by atoms with E-state index in [1.54, 1.807) is 0 Å². The van der Waals surface area contributed by atoms with Gasteiger partial charge in [-0.1, -0.05) is 37.3 Å². The van der Waals surface area contributed by atoms with Crippen molar-refractivity contribution < 1.29 is 4.79 Å². The van der Waals surface area contributed by atoms with Crippen LogP contribution in [0.5, 0.6) is 0 Å². The summed E-state index contributed by atoms with van der Waals surface area (Å²) < 4.78 is 0. The van der Waals surface area contributed by atoms with Gasteiger partial charge in [0.2, 0.25) is 5.82 Å². The van der Waals surface area contributed by atoms with Crippen LogP contribution in [0.2, 0.25) is 0 Å². The first-order chi connectivity index (χ1) is 8.29. The number of rotatable bonds is 4. The van der Waals surface area contributed by atoms with Gasteiger partial charge in [-0.05, 0) is 5.56 Å². The maximum atomic E-state index is 11.7. The summed E-state index contributed by atoms with van der Waals surface area (Å²) in [5.41, 5.74) is 1.05. The molecule has 0 fully saturated rings. The van der Waals surface area contributed by atoms with Crippen LogP contribution in [0.1, 0.15) is 28.9 Å². The normalized spacial score (nSPS) is 10.2. The Balaban J connectivity index is 1.93. The van der Waals surface area contributed by atoms with Crippen LogP contribution in [-0.2, 0) is 13.0 Å². The maximum absolute atomic E-state index is 11.7. The lowest BCUT2D eigenvalue weighted by molar-refractivity contribution is 0.0941. The van der Waals surface area contributed by atoms with Crippen LogP contribution in [0.25, 0.3) is 0 Å². The summed E-state index contributed by atoms with van der Waals surface area (Å²) in [6, 6.07) is 9.71. The monoisotopic (exact) mass is 230 g/mol. The second-order valence-corrected chi connectivity index (χ2v) is 3.63. The number of nitrogens with one attached hydrogen (secondary N) is 2. The van der Waals surface area contributed by atoms with Crippen LogP contribution in [0, 0.1) is 0 Å². The van der Waals surface area contributed by atoms with Crippen molar-refractivity contribution in [3.8, 4) is 0 Å². The maximum Gasteiger partial charge on any atom is 0.291 e. The van der Waals surface area contributed by atoms with Crippen LogP contribution in [0.15, 0.2) is 30.3 Å². The molecule has 5 heteroatoms. The number of H-pyrrole nitrogens is 1. The second-order valence-electron chi connectivity index (χ2n) is 3.63. The first-order valence-corrected chi connectivity index (χ1v) is 5.53. The summed E-state index contributed by atoms with van der Waals surface area (Å²) in [4.78, 5) is 15.8. The Morgan fingerprint density at radius 2 is 2.12 bits per heavy atom. The minimum absolute atomic E-state index is 0.192. The van der Waals surface area contributed by atoms with Gasteiger partial charge in [0.05, 0.1) is 0 Å². The van der Waals surface area contributed by atoms with Crippen LogP contribution in [0.3, 0.4) is 0 Å². The molecule has 0 saturated heterocycles. The van der Waals surface area contributed by atoms with Crippen molar-refractivity contribution in [1.29, 1.82) is 0 Å². The number of carbonyl (C=O) groups is 1. The highest BCUT2D eigenvalue weighted by molar-refractivity contribution is 5.90. The summed E-state index contributed by atoms with van der Waals surface area (Å²) in [5, 5.41) is 9.33. The van der Waals surface area contributed by atoms with E-state index in [0.717, 1.165) is 17.8 Å². The zero-order valence-electron chi connectivity index (χ0n) is 9.60. The summed E-state index contributed by atoms with van der Waals surface area (Å²) >= 11 is 0. The van der Waals surface area contributed by atoms with E-state index < -0.39 is 0 Å². The van der Waals surface area contributed by atoms with E-state index in [0.29, 0.717) is 6.54 Å². The van der Waals surface area contributed by atoms with Gasteiger partial charge in [0.25, 0.3) is 5.91 Å². The summed E-state index contributed by atoms with van der Waals surface area (Å²) in [5.74, 6) is 0.650. The van der Waals surface area contributed by atoms with Crippen LogP contribution in [-0.4, -0.2) is 21.1 Å². The van der Waals surface area contributed by atoms with E-state index >= 15 is 0 Å². The number of nitrogens with zero attached hydrogens (tertiary/aromatic N) is 2. The lowest BCUT2D eigenvalue weighted by Gasteiger charge is -2.01. The topological polar surface area (TPSA) is 70.7 Å². The highest BCUT2D eigenvalue weighted by Crippen LogP contribution is 1.98. The molecular formula is C12H14N4O. The predicted molar refractivity (Wildman–Crippen MR) is 63.4 cm³/mol. The summed E-state index contributed by atoms with van der Waals surface area (Å²) in [6.45, 7) is 2.43. The van der Waals surface area contributed by atoms with E-state index in [1.807, 2.05) is 37.3 Å². The average Bonchev–Trinajstić information content (AvgIpc) is 2.86. The molecule has 2 rings (SSSR count). The standard InChI is InChI=1S/C12H14N4O/c1-2-10-14-11(16-15-10)12(17)13-8-9-6-4-3-5-7-9/h3-7H,2,8H2,1H3,(H,13,17)(H,14,15,16). The van der Waals surface area contributed by atoms with Crippen molar-refractivity contribution in [3.05, 3.63) is 47.5 Å². The number of benzene rings is 1. The first-order valence-electron chi connectivity index (χ1n) is 5.53. The van der Waals surface area contributed by atoms with Crippen LogP contribution < -0.4 is 5.32 Å². The molecule has 1 aromatic carbocycles. The van der Waals surface area contributed by atoms with Crippen molar-refractivity contribution in [2.24, 2.45) is 0 Å². The largest absolute Gasteiger partial charge is 0.345 e. The molecule has 5 nitrogen and oxygen atoms in total. The molecule has 1 aromatic heterocycles. The van der Waals surface area contributed by atoms with Gasteiger partial charge in [-0.3, -0.25) is 9.89 Å². The number of aryl methyl sites for hydroxylation is 1. The smallest absolute Gasteiger partial charge is 0.291 e. The van der Waals surface area contributed by atoms with Crippen molar-refractivity contribution in [2.75, 3.05) is 0 Å². The number of hydrogen-bond donors (Lipinski definition) is 2. The fraction of sp³-hybridized carbons (Fsp3) is 0.250. The quantitative estimate of drug-likeness (QED) is 0.831. The number of aromatic nitrogens is 3. The highest BCUT2D eigenvalue weighted by Gasteiger charge is 2.10. The molecular weight excluding hydrogens is 216 g/mol. The third kappa shape index (κ3) is 2.90. The molecule has 0 radical (unpaired) electrons. The van der Waals surface area contributed by atoms with Crippen molar-refractivity contribution in [3.63, 3.8) is 0 Å². The third-order valence-electron chi connectivity index (χ3n) is 2.37. The molecule has 0 aliphatic carbocycles. The van der Waals surface area contributed by atoms with Gasteiger partial charge in [0.15, 0.2) is 0 Å². The molecule has 0 aliphatic heterocycles. The Morgan fingerprint density at radius 1 is 1.35 bits per heavy atom.